The fraction of sp³-hybridized carbons (Fsp3) is 0.583. The van der Waals surface area contributed by atoms with Crippen LogP contribution in [-0.2, 0) is 0 Å². The molecule has 17 heavy (non-hydrogen) atoms. The van der Waals surface area contributed by atoms with Gasteiger partial charge in [0.1, 0.15) is 5.82 Å². The fourth-order valence-electron chi connectivity index (χ4n) is 2.69. The van der Waals surface area contributed by atoms with Crippen LogP contribution in [0.25, 0.3) is 0 Å². The van der Waals surface area contributed by atoms with Gasteiger partial charge in [-0.2, -0.15) is 0 Å². The highest BCUT2D eigenvalue weighted by atomic mass is 35.5. The van der Waals surface area contributed by atoms with Crippen molar-refractivity contribution >= 4 is 29.0 Å². The summed E-state index contributed by atoms with van der Waals surface area (Å²) in [5.41, 5.74) is 6.19. The fourth-order valence-corrected chi connectivity index (χ4v) is 3.19. The Morgan fingerprint density at radius 1 is 1.29 bits per heavy atom. The predicted octanol–water partition coefficient (Wildman–Crippen LogP) is 2.56. The summed E-state index contributed by atoms with van der Waals surface area (Å²) in [5.74, 6) is 2.24. The number of anilines is 1. The monoisotopic (exact) mass is 271 g/mol. The van der Waals surface area contributed by atoms with Gasteiger partial charge in [-0.1, -0.05) is 23.2 Å². The molecule has 0 bridgehead atoms. The van der Waals surface area contributed by atoms with E-state index in [1.54, 1.807) is 12.3 Å². The summed E-state index contributed by atoms with van der Waals surface area (Å²) in [6.45, 7) is 1.82. The second-order valence-corrected chi connectivity index (χ2v) is 5.87. The van der Waals surface area contributed by atoms with Gasteiger partial charge in [0.15, 0.2) is 0 Å². The molecule has 0 aromatic carbocycles. The van der Waals surface area contributed by atoms with E-state index in [9.17, 15) is 0 Å². The van der Waals surface area contributed by atoms with E-state index in [0.29, 0.717) is 16.0 Å². The van der Waals surface area contributed by atoms with Crippen LogP contribution in [0.4, 0.5) is 5.82 Å². The Labute approximate surface area is 111 Å². The molecular weight excluding hydrogens is 257 g/mol. The van der Waals surface area contributed by atoms with Gasteiger partial charge in [0.25, 0.3) is 0 Å². The van der Waals surface area contributed by atoms with Crippen molar-refractivity contribution in [3.63, 3.8) is 0 Å². The molecule has 5 heteroatoms. The topological polar surface area (TPSA) is 42.1 Å². The van der Waals surface area contributed by atoms with Crippen molar-refractivity contribution in [2.24, 2.45) is 17.6 Å². The van der Waals surface area contributed by atoms with Crippen LogP contribution < -0.4 is 10.6 Å². The van der Waals surface area contributed by atoms with Crippen LogP contribution in [0.1, 0.15) is 12.8 Å². The molecule has 2 fully saturated rings. The summed E-state index contributed by atoms with van der Waals surface area (Å²) >= 11 is 12.0. The molecule has 2 heterocycles. The molecule has 1 aromatic rings. The first-order valence-electron chi connectivity index (χ1n) is 5.96. The first kappa shape index (κ1) is 11.6. The lowest BCUT2D eigenvalue weighted by atomic mass is 9.99. The van der Waals surface area contributed by atoms with Gasteiger partial charge in [-0.15, -0.1) is 0 Å². The summed E-state index contributed by atoms with van der Waals surface area (Å²) in [7, 11) is 0. The summed E-state index contributed by atoms with van der Waals surface area (Å²) < 4.78 is 0. The zero-order chi connectivity index (χ0) is 12.0. The molecule has 1 saturated carbocycles. The third-order valence-corrected chi connectivity index (χ3v) is 4.21. The first-order valence-corrected chi connectivity index (χ1v) is 6.72. The number of rotatable bonds is 2. The number of hydrogen-bond acceptors (Lipinski definition) is 3. The maximum atomic E-state index is 6.19. The quantitative estimate of drug-likeness (QED) is 0.899. The zero-order valence-corrected chi connectivity index (χ0v) is 11.0. The number of nitrogens with zero attached hydrogens (tertiary/aromatic N) is 2. The molecule has 2 N–H and O–H groups in total. The Bertz CT molecular complexity index is 434. The number of halogens is 2. The number of nitrogens with two attached hydrogens (primary N) is 1. The lowest BCUT2D eigenvalue weighted by Gasteiger charge is -2.18. The van der Waals surface area contributed by atoms with Crippen molar-refractivity contribution in [1.29, 1.82) is 0 Å². The first-order chi connectivity index (χ1) is 8.15. The average Bonchev–Trinajstić information content (AvgIpc) is 3.03. The van der Waals surface area contributed by atoms with Crippen LogP contribution in [0.3, 0.4) is 0 Å². The predicted molar refractivity (Wildman–Crippen MR) is 70.7 cm³/mol. The van der Waals surface area contributed by atoms with Crippen molar-refractivity contribution in [1.82, 2.24) is 4.98 Å². The van der Waals surface area contributed by atoms with Crippen molar-refractivity contribution in [3.8, 4) is 0 Å². The number of hydrogen-bond donors (Lipinski definition) is 1. The van der Waals surface area contributed by atoms with Crippen LogP contribution in [-0.4, -0.2) is 24.1 Å². The van der Waals surface area contributed by atoms with E-state index in [1.807, 2.05) is 0 Å². The summed E-state index contributed by atoms with van der Waals surface area (Å²) in [6.07, 6.45) is 4.29. The van der Waals surface area contributed by atoms with Crippen LogP contribution in [0.15, 0.2) is 12.3 Å². The molecule has 0 radical (unpaired) electrons. The molecule has 1 aliphatic heterocycles. The van der Waals surface area contributed by atoms with E-state index in [2.05, 4.69) is 9.88 Å². The zero-order valence-electron chi connectivity index (χ0n) is 9.44. The van der Waals surface area contributed by atoms with E-state index in [-0.39, 0.29) is 6.04 Å². The van der Waals surface area contributed by atoms with Gasteiger partial charge in [-0.3, -0.25) is 0 Å². The van der Waals surface area contributed by atoms with Crippen LogP contribution in [0, 0.1) is 11.8 Å². The Morgan fingerprint density at radius 2 is 2.06 bits per heavy atom. The molecule has 3 nitrogen and oxygen atoms in total. The second kappa shape index (κ2) is 4.30. The minimum Gasteiger partial charge on any atom is -0.353 e. The number of pyridine rings is 1. The van der Waals surface area contributed by atoms with E-state index in [1.165, 1.54) is 12.8 Å². The molecule has 0 spiro atoms. The Kier molecular flexibility index (Phi) is 2.93. The molecule has 1 saturated heterocycles. The molecular formula is C12H15Cl2N3. The highest BCUT2D eigenvalue weighted by molar-refractivity contribution is 6.36. The maximum absolute atomic E-state index is 6.19. The molecule has 0 amide bonds. The molecule has 92 valence electrons. The highest BCUT2D eigenvalue weighted by Gasteiger charge is 2.41. The molecule has 1 aromatic heterocycles. The van der Waals surface area contributed by atoms with Gasteiger partial charge in [0.2, 0.25) is 0 Å². The SMILES string of the molecule is N[C@H]1CN(c2ncc(Cl)cc2Cl)C[C@@H]1C1CC1. The van der Waals surface area contributed by atoms with E-state index < -0.39 is 0 Å². The standard InChI is InChI=1S/C12H15Cl2N3/c13-8-3-10(14)12(16-4-8)17-5-9(7-1-2-7)11(15)6-17/h3-4,7,9,11H,1-2,5-6,15H2/t9-,11+/m1/s1. The summed E-state index contributed by atoms with van der Waals surface area (Å²) in [6, 6.07) is 1.98. The molecule has 2 aliphatic rings. The molecule has 3 rings (SSSR count). The Hall–Kier alpha value is -0.510. The third-order valence-electron chi connectivity index (χ3n) is 3.73. The van der Waals surface area contributed by atoms with Crippen molar-refractivity contribution < 1.29 is 0 Å². The molecule has 0 unspecified atom stereocenters. The smallest absolute Gasteiger partial charge is 0.147 e. The third kappa shape index (κ3) is 2.24. The van der Waals surface area contributed by atoms with Gasteiger partial charge in [0.05, 0.1) is 10.0 Å². The average molecular weight is 272 g/mol. The van der Waals surface area contributed by atoms with Crippen LogP contribution in [0.5, 0.6) is 0 Å². The minimum atomic E-state index is 0.246. The second-order valence-electron chi connectivity index (χ2n) is 5.03. The summed E-state index contributed by atoms with van der Waals surface area (Å²) in [4.78, 5) is 6.50. The van der Waals surface area contributed by atoms with Gasteiger partial charge in [0, 0.05) is 25.3 Å². The molecule has 1 aliphatic carbocycles. The minimum absolute atomic E-state index is 0.246. The Morgan fingerprint density at radius 3 is 2.71 bits per heavy atom. The normalized spacial score (nSPS) is 28.8. The van der Waals surface area contributed by atoms with Crippen LogP contribution >= 0.6 is 23.2 Å². The van der Waals surface area contributed by atoms with Gasteiger partial charge in [-0.25, -0.2) is 4.98 Å². The van der Waals surface area contributed by atoms with Gasteiger partial charge >= 0.3 is 0 Å². The van der Waals surface area contributed by atoms with Gasteiger partial charge < -0.3 is 10.6 Å². The van der Waals surface area contributed by atoms with Crippen molar-refractivity contribution in [3.05, 3.63) is 22.3 Å². The maximum Gasteiger partial charge on any atom is 0.147 e. The van der Waals surface area contributed by atoms with E-state index >= 15 is 0 Å². The summed E-state index contributed by atoms with van der Waals surface area (Å²) in [5, 5.41) is 1.18. The lowest BCUT2D eigenvalue weighted by molar-refractivity contribution is 0.456. The largest absolute Gasteiger partial charge is 0.353 e. The highest BCUT2D eigenvalue weighted by Crippen LogP contribution is 2.42. The van der Waals surface area contributed by atoms with E-state index in [4.69, 9.17) is 28.9 Å². The molecule has 2 atom stereocenters. The number of aromatic nitrogens is 1. The van der Waals surface area contributed by atoms with Crippen molar-refractivity contribution in [2.45, 2.75) is 18.9 Å². The van der Waals surface area contributed by atoms with E-state index in [0.717, 1.165) is 24.8 Å². The Balaban J connectivity index is 1.80. The lowest BCUT2D eigenvalue weighted by Crippen LogP contribution is -2.30. The van der Waals surface area contributed by atoms with Gasteiger partial charge in [-0.05, 0) is 30.7 Å². The van der Waals surface area contributed by atoms with Crippen molar-refractivity contribution in [2.75, 3.05) is 18.0 Å². The van der Waals surface area contributed by atoms with Crippen LogP contribution in [0.2, 0.25) is 10.0 Å².